The summed E-state index contributed by atoms with van der Waals surface area (Å²) in [5.41, 5.74) is -0.271. The molecule has 0 saturated carbocycles. The van der Waals surface area contributed by atoms with Gasteiger partial charge in [-0.05, 0) is 19.1 Å². The Labute approximate surface area is 107 Å². The highest BCUT2D eigenvalue weighted by atomic mass is 16.6. The first-order valence-corrected chi connectivity index (χ1v) is 5.30. The first-order valence-electron chi connectivity index (χ1n) is 5.30. The Morgan fingerprint density at radius 1 is 1.47 bits per heavy atom. The average Bonchev–Trinajstić information content (AvgIpc) is 2.74. The molecule has 0 atom stereocenters. The average molecular weight is 262 g/mol. The number of Topliss-reactive ketones (excluding diaryl/α,β-unsaturated/α-hetero) is 1. The Balaban J connectivity index is 2.35. The van der Waals surface area contributed by atoms with Gasteiger partial charge in [0.1, 0.15) is 12.1 Å². The first kappa shape index (κ1) is 12.7. The molecule has 2 aromatic rings. The van der Waals surface area contributed by atoms with E-state index in [9.17, 15) is 14.9 Å². The maximum Gasteiger partial charge on any atom is 0.340 e. The van der Waals surface area contributed by atoms with Crippen molar-refractivity contribution in [1.29, 1.82) is 0 Å². The summed E-state index contributed by atoms with van der Waals surface area (Å²) in [6.07, 6.45) is 1.45. The van der Waals surface area contributed by atoms with E-state index in [0.717, 1.165) is 0 Å². The van der Waals surface area contributed by atoms with Gasteiger partial charge in [-0.2, -0.15) is 4.98 Å². The maximum absolute atomic E-state index is 11.4. The number of nitrogens with zero attached hydrogens (tertiary/aromatic N) is 4. The molecule has 0 aliphatic heterocycles. The third kappa shape index (κ3) is 2.73. The normalized spacial score (nSPS) is 10.2. The van der Waals surface area contributed by atoms with E-state index in [1.54, 1.807) is 7.05 Å². The predicted molar refractivity (Wildman–Crippen MR) is 64.2 cm³/mol. The van der Waals surface area contributed by atoms with Crippen molar-refractivity contribution in [3.05, 3.63) is 40.2 Å². The number of aromatic nitrogens is 3. The van der Waals surface area contributed by atoms with Gasteiger partial charge in [0, 0.05) is 13.1 Å². The highest BCUT2D eigenvalue weighted by Gasteiger charge is 2.18. The van der Waals surface area contributed by atoms with Gasteiger partial charge in [-0.15, -0.1) is 5.10 Å². The van der Waals surface area contributed by atoms with Crippen LogP contribution in [0.1, 0.15) is 17.3 Å². The number of nitro benzene ring substituents is 1. The minimum absolute atomic E-state index is 0.0153. The van der Waals surface area contributed by atoms with Gasteiger partial charge in [-0.3, -0.25) is 19.6 Å². The molecule has 1 heterocycles. The van der Waals surface area contributed by atoms with Crippen molar-refractivity contribution in [1.82, 2.24) is 14.8 Å². The summed E-state index contributed by atoms with van der Waals surface area (Å²) in [6, 6.07) is 4.01. The van der Waals surface area contributed by atoms with Crippen molar-refractivity contribution >= 4 is 11.5 Å². The molecule has 0 N–H and O–H groups in total. The highest BCUT2D eigenvalue weighted by Crippen LogP contribution is 2.26. The van der Waals surface area contributed by atoms with Crippen LogP contribution in [0.3, 0.4) is 0 Å². The highest BCUT2D eigenvalue weighted by molar-refractivity contribution is 5.98. The van der Waals surface area contributed by atoms with E-state index in [0.29, 0.717) is 0 Å². The van der Waals surface area contributed by atoms with Crippen LogP contribution >= 0.6 is 0 Å². The van der Waals surface area contributed by atoms with Crippen LogP contribution in [0, 0.1) is 10.1 Å². The van der Waals surface area contributed by atoms with Crippen LogP contribution in [0.4, 0.5) is 5.69 Å². The summed E-state index contributed by atoms with van der Waals surface area (Å²) < 4.78 is 6.76. The van der Waals surface area contributed by atoms with E-state index in [2.05, 4.69) is 10.1 Å². The maximum atomic E-state index is 11.4. The van der Waals surface area contributed by atoms with E-state index < -0.39 is 10.7 Å². The lowest BCUT2D eigenvalue weighted by atomic mass is 10.1. The molecule has 0 bridgehead atoms. The topological polar surface area (TPSA) is 100 Å². The molecule has 1 aromatic heterocycles. The lowest BCUT2D eigenvalue weighted by molar-refractivity contribution is -0.385. The fourth-order valence-corrected chi connectivity index (χ4v) is 1.49. The van der Waals surface area contributed by atoms with Gasteiger partial charge in [-0.25, -0.2) is 0 Å². The molecule has 1 aromatic carbocycles. The van der Waals surface area contributed by atoms with Gasteiger partial charge >= 0.3 is 6.01 Å². The van der Waals surface area contributed by atoms with Crippen molar-refractivity contribution < 1.29 is 14.5 Å². The molecule has 0 saturated heterocycles. The van der Waals surface area contributed by atoms with Crippen LogP contribution in [0.15, 0.2) is 24.5 Å². The number of aryl methyl sites for hydroxylation is 1. The van der Waals surface area contributed by atoms with Crippen molar-refractivity contribution in [3.8, 4) is 11.8 Å². The summed E-state index contributed by atoms with van der Waals surface area (Å²) in [5.74, 6) is -0.145. The molecule has 0 fully saturated rings. The molecule has 0 unspecified atom stereocenters. The van der Waals surface area contributed by atoms with Crippen LogP contribution in [-0.4, -0.2) is 25.5 Å². The fourth-order valence-electron chi connectivity index (χ4n) is 1.49. The van der Waals surface area contributed by atoms with Crippen LogP contribution in [-0.2, 0) is 7.05 Å². The van der Waals surface area contributed by atoms with Gasteiger partial charge in [0.2, 0.25) is 0 Å². The zero-order valence-corrected chi connectivity index (χ0v) is 10.2. The second-order valence-electron chi connectivity index (χ2n) is 3.80. The minimum atomic E-state index is -0.612. The third-order valence-corrected chi connectivity index (χ3v) is 2.33. The number of hydrogen-bond donors (Lipinski definition) is 0. The molecule has 0 spiro atoms. The number of carbonyl (C=O) groups is 1. The second kappa shape index (κ2) is 4.84. The number of rotatable bonds is 4. The quantitative estimate of drug-likeness (QED) is 0.472. The Morgan fingerprint density at radius 2 is 2.21 bits per heavy atom. The van der Waals surface area contributed by atoms with E-state index in [4.69, 9.17) is 4.74 Å². The molecule has 0 aliphatic rings. The SMILES string of the molecule is CC(=O)c1cc(Oc2ncn(C)n2)ccc1[N+](=O)[O-]. The number of nitro groups is 1. The Bertz CT molecular complexity index is 650. The van der Waals surface area contributed by atoms with Gasteiger partial charge in [0.25, 0.3) is 5.69 Å². The van der Waals surface area contributed by atoms with Crippen molar-refractivity contribution in [2.45, 2.75) is 6.92 Å². The summed E-state index contributed by atoms with van der Waals surface area (Å²) in [5, 5.41) is 14.7. The molecule has 2 rings (SSSR count). The molecular formula is C11H10N4O4. The molecule has 8 nitrogen and oxygen atoms in total. The van der Waals surface area contributed by atoms with Crippen LogP contribution in [0.2, 0.25) is 0 Å². The van der Waals surface area contributed by atoms with E-state index >= 15 is 0 Å². The number of ether oxygens (including phenoxy) is 1. The second-order valence-corrected chi connectivity index (χ2v) is 3.80. The lowest BCUT2D eigenvalue weighted by Gasteiger charge is -2.03. The lowest BCUT2D eigenvalue weighted by Crippen LogP contribution is -2.00. The monoisotopic (exact) mass is 262 g/mol. The standard InChI is InChI=1S/C11H10N4O4/c1-7(16)9-5-8(3-4-10(9)15(17)18)19-11-12-6-14(2)13-11/h3-6H,1-2H3. The van der Waals surface area contributed by atoms with Gasteiger partial charge in [-0.1, -0.05) is 0 Å². The molecule has 0 amide bonds. The van der Waals surface area contributed by atoms with Crippen LogP contribution in [0.5, 0.6) is 11.8 Å². The van der Waals surface area contributed by atoms with Crippen LogP contribution < -0.4 is 4.74 Å². The molecule has 0 radical (unpaired) electrons. The van der Waals surface area contributed by atoms with Crippen molar-refractivity contribution in [2.24, 2.45) is 7.05 Å². The zero-order chi connectivity index (χ0) is 14.0. The van der Waals surface area contributed by atoms with Crippen molar-refractivity contribution in [2.75, 3.05) is 0 Å². The third-order valence-electron chi connectivity index (χ3n) is 2.33. The van der Waals surface area contributed by atoms with E-state index in [1.165, 1.54) is 36.1 Å². The largest absolute Gasteiger partial charge is 0.423 e. The number of hydrogen-bond acceptors (Lipinski definition) is 6. The number of ketones is 1. The summed E-state index contributed by atoms with van der Waals surface area (Å²) in [7, 11) is 1.68. The molecular weight excluding hydrogens is 252 g/mol. The molecule has 0 aliphatic carbocycles. The van der Waals surface area contributed by atoms with E-state index in [-0.39, 0.29) is 23.0 Å². The fraction of sp³-hybridized carbons (Fsp3) is 0.182. The molecule has 8 heteroatoms. The Kier molecular flexibility index (Phi) is 3.23. The summed E-state index contributed by atoms with van der Waals surface area (Å²) in [4.78, 5) is 25.4. The zero-order valence-electron chi connectivity index (χ0n) is 10.2. The predicted octanol–water partition coefficient (Wildman–Crippen LogP) is 1.72. The first-order chi connectivity index (χ1) is 8.97. The smallest absolute Gasteiger partial charge is 0.340 e. The minimum Gasteiger partial charge on any atom is -0.423 e. The summed E-state index contributed by atoms with van der Waals surface area (Å²) in [6.45, 7) is 1.26. The van der Waals surface area contributed by atoms with Crippen LogP contribution in [0.25, 0.3) is 0 Å². The number of benzene rings is 1. The van der Waals surface area contributed by atoms with Gasteiger partial charge < -0.3 is 4.74 Å². The van der Waals surface area contributed by atoms with E-state index in [1.807, 2.05) is 0 Å². The van der Waals surface area contributed by atoms with Crippen molar-refractivity contribution in [3.63, 3.8) is 0 Å². The summed E-state index contributed by atoms with van der Waals surface area (Å²) >= 11 is 0. The number of carbonyl (C=O) groups excluding carboxylic acids is 1. The van der Waals surface area contributed by atoms with Gasteiger partial charge in [0.15, 0.2) is 5.78 Å². The molecule has 19 heavy (non-hydrogen) atoms. The van der Waals surface area contributed by atoms with Gasteiger partial charge in [0.05, 0.1) is 10.5 Å². The Morgan fingerprint density at radius 3 is 2.74 bits per heavy atom. The Hall–Kier alpha value is -2.77. The molecule has 98 valence electrons.